The van der Waals surface area contributed by atoms with E-state index < -0.39 is 0 Å². The first-order valence-electron chi connectivity index (χ1n) is 4.14. The second-order valence-corrected chi connectivity index (χ2v) is 4.62. The number of allylic oxidation sites excluding steroid dienone is 1. The van der Waals surface area contributed by atoms with Crippen LogP contribution in [0.2, 0.25) is 0 Å². The SMILES string of the molecule is C=C1CC(C)C(C)(C(C)=S)C1. The first-order chi connectivity index (χ1) is 4.97. The molecular weight excluding hydrogens is 152 g/mol. The minimum Gasteiger partial charge on any atom is -0.0998 e. The van der Waals surface area contributed by atoms with E-state index in [1.165, 1.54) is 5.57 Å². The van der Waals surface area contributed by atoms with E-state index in [1.54, 1.807) is 0 Å². The summed E-state index contributed by atoms with van der Waals surface area (Å²) in [6.07, 6.45) is 2.26. The van der Waals surface area contributed by atoms with Crippen LogP contribution in [0.25, 0.3) is 0 Å². The van der Waals surface area contributed by atoms with Gasteiger partial charge in [-0.25, -0.2) is 0 Å². The summed E-state index contributed by atoms with van der Waals surface area (Å²) in [5.74, 6) is 0.687. The Morgan fingerprint density at radius 3 is 2.45 bits per heavy atom. The summed E-state index contributed by atoms with van der Waals surface area (Å²) in [7, 11) is 0. The van der Waals surface area contributed by atoms with Gasteiger partial charge in [0.15, 0.2) is 0 Å². The highest BCUT2D eigenvalue weighted by Gasteiger charge is 2.38. The smallest absolute Gasteiger partial charge is 0.00511 e. The maximum Gasteiger partial charge on any atom is 0.00511 e. The zero-order valence-electron chi connectivity index (χ0n) is 7.61. The summed E-state index contributed by atoms with van der Waals surface area (Å²) in [4.78, 5) is 1.14. The van der Waals surface area contributed by atoms with E-state index in [-0.39, 0.29) is 5.41 Å². The molecule has 0 amide bonds. The second-order valence-electron chi connectivity index (χ2n) is 4.01. The zero-order chi connectivity index (χ0) is 8.65. The third kappa shape index (κ3) is 1.39. The average molecular weight is 168 g/mol. The van der Waals surface area contributed by atoms with Crippen molar-refractivity contribution in [1.82, 2.24) is 0 Å². The Morgan fingerprint density at radius 1 is 1.73 bits per heavy atom. The third-order valence-corrected chi connectivity index (χ3v) is 3.57. The predicted octanol–water partition coefficient (Wildman–Crippen LogP) is 3.37. The summed E-state index contributed by atoms with van der Waals surface area (Å²) in [5, 5.41) is 0. The van der Waals surface area contributed by atoms with Gasteiger partial charge < -0.3 is 0 Å². The lowest BCUT2D eigenvalue weighted by Crippen LogP contribution is -2.26. The molecule has 1 fully saturated rings. The summed E-state index contributed by atoms with van der Waals surface area (Å²) in [6.45, 7) is 10.6. The van der Waals surface area contributed by atoms with Crippen molar-refractivity contribution in [3.8, 4) is 0 Å². The zero-order valence-corrected chi connectivity index (χ0v) is 8.42. The second kappa shape index (κ2) is 2.71. The van der Waals surface area contributed by atoms with Gasteiger partial charge in [0.05, 0.1) is 0 Å². The Bertz CT molecular complexity index is 205. The van der Waals surface area contributed by atoms with Gasteiger partial charge in [0.25, 0.3) is 0 Å². The number of hydrogen-bond acceptors (Lipinski definition) is 1. The van der Waals surface area contributed by atoms with E-state index >= 15 is 0 Å². The molecule has 2 atom stereocenters. The van der Waals surface area contributed by atoms with Crippen LogP contribution in [0, 0.1) is 11.3 Å². The fourth-order valence-corrected chi connectivity index (χ4v) is 2.17. The Balaban J connectivity index is 2.87. The molecule has 0 spiro atoms. The fraction of sp³-hybridized carbons (Fsp3) is 0.700. The Morgan fingerprint density at radius 2 is 2.27 bits per heavy atom. The van der Waals surface area contributed by atoms with E-state index in [0.29, 0.717) is 5.92 Å². The van der Waals surface area contributed by atoms with Crippen molar-refractivity contribution in [2.75, 3.05) is 0 Å². The van der Waals surface area contributed by atoms with Crippen molar-refractivity contribution in [2.45, 2.75) is 33.6 Å². The van der Waals surface area contributed by atoms with E-state index in [0.717, 1.165) is 17.7 Å². The van der Waals surface area contributed by atoms with Crippen LogP contribution in [0.15, 0.2) is 12.2 Å². The van der Waals surface area contributed by atoms with Crippen LogP contribution < -0.4 is 0 Å². The van der Waals surface area contributed by atoms with Crippen molar-refractivity contribution in [2.24, 2.45) is 11.3 Å². The van der Waals surface area contributed by atoms with Crippen molar-refractivity contribution in [3.05, 3.63) is 12.2 Å². The molecule has 0 aromatic rings. The van der Waals surface area contributed by atoms with Gasteiger partial charge in [0, 0.05) is 5.41 Å². The van der Waals surface area contributed by atoms with Gasteiger partial charge in [-0.05, 0) is 30.5 Å². The molecule has 11 heavy (non-hydrogen) atoms. The molecule has 0 nitrogen and oxygen atoms in total. The maximum absolute atomic E-state index is 5.26. The molecule has 62 valence electrons. The van der Waals surface area contributed by atoms with E-state index in [1.807, 2.05) is 0 Å². The molecule has 2 unspecified atom stereocenters. The Hall–Kier alpha value is -0.170. The van der Waals surface area contributed by atoms with Gasteiger partial charge in [-0.15, -0.1) is 0 Å². The number of hydrogen-bond donors (Lipinski definition) is 0. The molecule has 1 heteroatoms. The lowest BCUT2D eigenvalue weighted by Gasteiger charge is -2.27. The minimum atomic E-state index is 0.256. The number of thiocarbonyl (C=S) groups is 1. The van der Waals surface area contributed by atoms with Gasteiger partial charge in [-0.2, -0.15) is 0 Å². The van der Waals surface area contributed by atoms with Crippen LogP contribution in [0.5, 0.6) is 0 Å². The molecule has 1 aliphatic carbocycles. The molecule has 0 N–H and O–H groups in total. The van der Waals surface area contributed by atoms with Gasteiger partial charge in [-0.3, -0.25) is 0 Å². The van der Waals surface area contributed by atoms with E-state index in [2.05, 4.69) is 27.4 Å². The molecule has 0 aromatic heterocycles. The van der Waals surface area contributed by atoms with E-state index in [4.69, 9.17) is 12.2 Å². The van der Waals surface area contributed by atoms with Crippen molar-refractivity contribution in [1.29, 1.82) is 0 Å². The highest BCUT2D eigenvalue weighted by atomic mass is 32.1. The standard InChI is InChI=1S/C10H16S/c1-7-5-8(2)10(4,6-7)9(3)11/h8H,1,5-6H2,2-4H3. The van der Waals surface area contributed by atoms with Crippen LogP contribution >= 0.6 is 12.2 Å². The third-order valence-electron chi connectivity index (χ3n) is 3.10. The average Bonchev–Trinajstić information content (AvgIpc) is 2.08. The van der Waals surface area contributed by atoms with Gasteiger partial charge in [0.2, 0.25) is 0 Å². The van der Waals surface area contributed by atoms with Crippen LogP contribution in [0.3, 0.4) is 0 Å². The molecule has 0 saturated heterocycles. The maximum atomic E-state index is 5.26. The highest BCUT2D eigenvalue weighted by Crippen LogP contribution is 2.46. The summed E-state index contributed by atoms with van der Waals surface area (Å²) >= 11 is 5.26. The van der Waals surface area contributed by atoms with Gasteiger partial charge in [-0.1, -0.05) is 38.2 Å². The Labute approximate surface area is 74.7 Å². The van der Waals surface area contributed by atoms with Crippen molar-refractivity contribution >= 4 is 17.1 Å². The summed E-state index contributed by atoms with van der Waals surface area (Å²) in [5.41, 5.74) is 1.62. The first kappa shape index (κ1) is 8.92. The molecule has 1 saturated carbocycles. The Kier molecular flexibility index (Phi) is 2.19. The minimum absolute atomic E-state index is 0.256. The van der Waals surface area contributed by atoms with Gasteiger partial charge >= 0.3 is 0 Å². The molecule has 0 aromatic carbocycles. The van der Waals surface area contributed by atoms with Crippen LogP contribution in [0.4, 0.5) is 0 Å². The highest BCUT2D eigenvalue weighted by molar-refractivity contribution is 7.80. The molecule has 1 aliphatic rings. The summed E-state index contributed by atoms with van der Waals surface area (Å²) in [6, 6.07) is 0. The lowest BCUT2D eigenvalue weighted by molar-refractivity contribution is 0.368. The fourth-order valence-electron chi connectivity index (χ4n) is 1.90. The van der Waals surface area contributed by atoms with Crippen molar-refractivity contribution < 1.29 is 0 Å². The van der Waals surface area contributed by atoms with Crippen molar-refractivity contribution in [3.63, 3.8) is 0 Å². The molecule has 0 heterocycles. The number of rotatable bonds is 1. The lowest BCUT2D eigenvalue weighted by atomic mass is 9.78. The van der Waals surface area contributed by atoms with Crippen LogP contribution in [-0.2, 0) is 0 Å². The van der Waals surface area contributed by atoms with Gasteiger partial charge in [0.1, 0.15) is 0 Å². The van der Waals surface area contributed by atoms with Crippen LogP contribution in [-0.4, -0.2) is 4.86 Å². The first-order valence-corrected chi connectivity index (χ1v) is 4.55. The normalized spacial score (nSPS) is 37.7. The quantitative estimate of drug-likeness (QED) is 0.427. The van der Waals surface area contributed by atoms with Crippen LogP contribution in [0.1, 0.15) is 33.6 Å². The predicted molar refractivity (Wildman–Crippen MR) is 53.9 cm³/mol. The summed E-state index contributed by atoms with van der Waals surface area (Å²) < 4.78 is 0. The molecule has 0 radical (unpaired) electrons. The topological polar surface area (TPSA) is 0 Å². The monoisotopic (exact) mass is 168 g/mol. The molecule has 1 rings (SSSR count). The molecule has 0 aliphatic heterocycles. The largest absolute Gasteiger partial charge is 0.0998 e. The molecule has 0 bridgehead atoms. The van der Waals surface area contributed by atoms with E-state index in [9.17, 15) is 0 Å². The molecular formula is C10H16S.